The van der Waals surface area contributed by atoms with Crippen molar-refractivity contribution in [2.24, 2.45) is 5.41 Å². The molecule has 8 heteroatoms. The number of para-hydroxylation sites is 1. The lowest BCUT2D eigenvalue weighted by molar-refractivity contribution is -0.124. The van der Waals surface area contributed by atoms with Crippen LogP contribution in [0.1, 0.15) is 47.0 Å². The van der Waals surface area contributed by atoms with Gasteiger partial charge >= 0.3 is 5.76 Å². The summed E-state index contributed by atoms with van der Waals surface area (Å²) in [6.07, 6.45) is 1.67. The van der Waals surface area contributed by atoms with E-state index in [1.165, 1.54) is 0 Å². The van der Waals surface area contributed by atoms with E-state index in [1.54, 1.807) is 18.2 Å². The Kier molecular flexibility index (Phi) is 6.65. The van der Waals surface area contributed by atoms with Crippen molar-refractivity contribution in [3.05, 3.63) is 34.8 Å². The van der Waals surface area contributed by atoms with E-state index in [0.717, 1.165) is 19.6 Å². The van der Waals surface area contributed by atoms with Gasteiger partial charge in [0.1, 0.15) is 23.0 Å². The predicted octanol–water partition coefficient (Wildman–Crippen LogP) is 2.90. The van der Waals surface area contributed by atoms with Crippen LogP contribution in [0.15, 0.2) is 33.5 Å². The summed E-state index contributed by atoms with van der Waals surface area (Å²) >= 11 is 0. The fourth-order valence-corrected chi connectivity index (χ4v) is 3.96. The van der Waals surface area contributed by atoms with Crippen molar-refractivity contribution in [2.75, 3.05) is 25.0 Å². The first-order valence-corrected chi connectivity index (χ1v) is 10.8. The molecule has 0 saturated carbocycles. The maximum absolute atomic E-state index is 13.4. The third-order valence-corrected chi connectivity index (χ3v) is 5.72. The summed E-state index contributed by atoms with van der Waals surface area (Å²) in [6.45, 7) is 10.7. The van der Waals surface area contributed by atoms with Crippen LogP contribution in [0.3, 0.4) is 0 Å². The maximum atomic E-state index is 13.4. The Morgan fingerprint density at radius 1 is 1.32 bits per heavy atom. The molecule has 8 nitrogen and oxygen atoms in total. The molecule has 1 atom stereocenters. The van der Waals surface area contributed by atoms with Gasteiger partial charge in [0, 0.05) is 13.1 Å². The van der Waals surface area contributed by atoms with E-state index in [4.69, 9.17) is 4.42 Å². The number of carbonyl (C=O) groups excluding carboxylic acids is 1. The van der Waals surface area contributed by atoms with Gasteiger partial charge in [-0.15, -0.1) is 0 Å². The molecule has 2 heterocycles. The second kappa shape index (κ2) is 9.06. The fourth-order valence-electron chi connectivity index (χ4n) is 3.96. The van der Waals surface area contributed by atoms with Crippen molar-refractivity contribution in [2.45, 2.75) is 58.5 Å². The number of nitrogens with one attached hydrogen (secondary N) is 2. The van der Waals surface area contributed by atoms with Crippen LogP contribution in [0.25, 0.3) is 11.0 Å². The van der Waals surface area contributed by atoms with E-state index in [0.29, 0.717) is 36.0 Å². The number of hydrogen-bond acceptors (Lipinski definition) is 7. The Bertz CT molecular complexity index is 1030. The van der Waals surface area contributed by atoms with Crippen molar-refractivity contribution in [1.29, 1.82) is 5.26 Å². The number of aromatic nitrogens is 1. The molecule has 0 aliphatic carbocycles. The van der Waals surface area contributed by atoms with Crippen LogP contribution in [0.4, 0.5) is 5.82 Å². The number of rotatable bonds is 6. The lowest BCUT2D eigenvalue weighted by atomic mass is 9.85. The predicted molar refractivity (Wildman–Crippen MR) is 120 cm³/mol. The fraction of sp³-hybridized carbons (Fsp3) is 0.565. The van der Waals surface area contributed by atoms with Crippen LogP contribution in [0, 0.1) is 16.7 Å². The Morgan fingerprint density at radius 2 is 2.00 bits per heavy atom. The van der Waals surface area contributed by atoms with E-state index in [2.05, 4.69) is 33.5 Å². The van der Waals surface area contributed by atoms with Crippen molar-refractivity contribution < 1.29 is 9.21 Å². The molecular weight excluding hydrogens is 394 g/mol. The topological polar surface area (TPSA) is 111 Å². The van der Waals surface area contributed by atoms with Crippen LogP contribution in [-0.4, -0.2) is 47.0 Å². The van der Waals surface area contributed by atoms with Gasteiger partial charge in [-0.25, -0.2) is 4.79 Å². The Hall–Kier alpha value is -2.92. The number of amides is 1. The molecule has 3 rings (SSSR count). The number of benzene rings is 1. The summed E-state index contributed by atoms with van der Waals surface area (Å²) in [5.41, 5.74) is -0.651. The highest BCUT2D eigenvalue weighted by atomic mass is 16.4. The zero-order valence-corrected chi connectivity index (χ0v) is 18.7. The second-order valence-corrected chi connectivity index (χ2v) is 9.40. The molecular formula is C23H31N5O3. The smallest absolute Gasteiger partial charge is 0.408 e. The molecule has 31 heavy (non-hydrogen) atoms. The average Bonchev–Trinajstić information content (AvgIpc) is 2.72. The van der Waals surface area contributed by atoms with Gasteiger partial charge in [0.05, 0.1) is 11.5 Å². The minimum atomic E-state index is -0.883. The molecule has 0 bridgehead atoms. The van der Waals surface area contributed by atoms with Crippen LogP contribution in [0.5, 0.6) is 0 Å². The molecule has 166 valence electrons. The molecule has 1 aromatic heterocycles. The third-order valence-electron chi connectivity index (χ3n) is 5.72. The number of anilines is 1. The Morgan fingerprint density at radius 3 is 2.61 bits per heavy atom. The van der Waals surface area contributed by atoms with E-state index in [9.17, 15) is 14.9 Å². The highest BCUT2D eigenvalue weighted by Crippen LogP contribution is 2.27. The van der Waals surface area contributed by atoms with Gasteiger partial charge in [0.2, 0.25) is 5.91 Å². The maximum Gasteiger partial charge on any atom is 0.441 e. The molecule has 0 spiro atoms. The minimum absolute atomic E-state index is 0.171. The Balaban J connectivity index is 1.87. The zero-order valence-electron chi connectivity index (χ0n) is 18.7. The normalized spacial score (nSPS) is 17.6. The quantitative estimate of drug-likeness (QED) is 0.732. The molecule has 1 amide bonds. The summed E-state index contributed by atoms with van der Waals surface area (Å²) in [4.78, 5) is 31.6. The van der Waals surface area contributed by atoms with Crippen molar-refractivity contribution in [1.82, 2.24) is 15.2 Å². The number of likely N-dealkylation sites (tertiary alicyclic amines) is 1. The highest BCUT2D eigenvalue weighted by molar-refractivity contribution is 5.91. The first kappa shape index (κ1) is 22.8. The van der Waals surface area contributed by atoms with Gasteiger partial charge in [-0.1, -0.05) is 39.8 Å². The zero-order chi connectivity index (χ0) is 22.6. The van der Waals surface area contributed by atoms with E-state index < -0.39 is 17.3 Å². The Labute approximate surface area is 182 Å². The molecule has 1 fully saturated rings. The van der Waals surface area contributed by atoms with Gasteiger partial charge in [-0.05, 0) is 43.4 Å². The van der Waals surface area contributed by atoms with Crippen LogP contribution >= 0.6 is 0 Å². The van der Waals surface area contributed by atoms with Gasteiger partial charge < -0.3 is 20.0 Å². The number of nitrogens with zero attached hydrogens (tertiary/aromatic N) is 3. The molecule has 1 saturated heterocycles. The standard InChI is InChI=1S/C23H31N5O3/c1-5-28-12-10-23(15-24,11-13-28)27-20(29)17(14-22(2,3)4)25-19-16-8-6-7-9-18(16)31-21(30)26-19/h6-9,17H,5,10-14H2,1-4H3,(H,27,29)(H,25,26,30)/t17-/m0/s1. The summed E-state index contributed by atoms with van der Waals surface area (Å²) in [6, 6.07) is 8.76. The van der Waals surface area contributed by atoms with E-state index in [1.807, 2.05) is 26.8 Å². The van der Waals surface area contributed by atoms with Gasteiger partial charge in [0.25, 0.3) is 0 Å². The third kappa shape index (κ3) is 5.61. The number of piperidine rings is 1. The van der Waals surface area contributed by atoms with Gasteiger partial charge in [0.15, 0.2) is 0 Å². The molecule has 1 aliphatic rings. The second-order valence-electron chi connectivity index (χ2n) is 9.40. The lowest BCUT2D eigenvalue weighted by Gasteiger charge is -2.38. The summed E-state index contributed by atoms with van der Waals surface area (Å²) in [7, 11) is 0. The molecule has 2 N–H and O–H groups in total. The van der Waals surface area contributed by atoms with E-state index in [-0.39, 0.29) is 11.3 Å². The minimum Gasteiger partial charge on any atom is -0.408 e. The molecule has 1 aliphatic heterocycles. The summed E-state index contributed by atoms with van der Waals surface area (Å²) < 4.78 is 5.17. The molecule has 0 unspecified atom stereocenters. The SMILES string of the molecule is CCN1CCC(C#N)(NC(=O)[C@H](CC(C)(C)C)Nc2nc(=O)oc3ccccc23)CC1. The van der Waals surface area contributed by atoms with Crippen molar-refractivity contribution in [3.8, 4) is 6.07 Å². The first-order chi connectivity index (χ1) is 14.6. The lowest BCUT2D eigenvalue weighted by Crippen LogP contribution is -2.57. The van der Waals surface area contributed by atoms with E-state index >= 15 is 0 Å². The van der Waals surface area contributed by atoms with Crippen LogP contribution in [-0.2, 0) is 4.79 Å². The number of nitriles is 1. The monoisotopic (exact) mass is 425 g/mol. The first-order valence-electron chi connectivity index (χ1n) is 10.8. The van der Waals surface area contributed by atoms with Crippen LogP contribution in [0.2, 0.25) is 0 Å². The van der Waals surface area contributed by atoms with Gasteiger partial charge in [-0.2, -0.15) is 10.2 Å². The number of hydrogen-bond donors (Lipinski definition) is 2. The number of carbonyl (C=O) groups is 1. The van der Waals surface area contributed by atoms with Crippen LogP contribution < -0.4 is 16.4 Å². The molecule has 0 radical (unpaired) electrons. The number of fused-ring (bicyclic) bond motifs is 1. The average molecular weight is 426 g/mol. The summed E-state index contributed by atoms with van der Waals surface area (Å²) in [5.74, 6) is -0.680. The summed E-state index contributed by atoms with van der Waals surface area (Å²) in [5, 5.41) is 16.7. The molecule has 1 aromatic carbocycles. The van der Waals surface area contributed by atoms with Crippen molar-refractivity contribution >= 4 is 22.7 Å². The largest absolute Gasteiger partial charge is 0.441 e. The highest BCUT2D eigenvalue weighted by Gasteiger charge is 2.38. The van der Waals surface area contributed by atoms with Gasteiger partial charge in [-0.3, -0.25) is 4.79 Å². The molecule has 2 aromatic rings. The van der Waals surface area contributed by atoms with Crippen molar-refractivity contribution in [3.63, 3.8) is 0 Å².